The lowest BCUT2D eigenvalue weighted by Crippen LogP contribution is -2.30. The summed E-state index contributed by atoms with van der Waals surface area (Å²) >= 11 is 1.42. The van der Waals surface area contributed by atoms with Gasteiger partial charge in [-0.25, -0.2) is 14.6 Å². The van der Waals surface area contributed by atoms with Crippen molar-refractivity contribution in [1.29, 1.82) is 0 Å². The zero-order valence-corrected chi connectivity index (χ0v) is 45.0. The molecule has 2 aliphatic carbocycles. The Kier molecular flexibility index (Phi) is 22.3. The van der Waals surface area contributed by atoms with Crippen molar-refractivity contribution in [2.75, 3.05) is 26.4 Å². The van der Waals surface area contributed by atoms with E-state index in [9.17, 15) is 28.8 Å². The molecule has 2 heterocycles. The van der Waals surface area contributed by atoms with Gasteiger partial charge in [-0.3, -0.25) is 19.2 Å². The summed E-state index contributed by atoms with van der Waals surface area (Å²) in [7, 11) is 0. The molecule has 2 fully saturated rings. The van der Waals surface area contributed by atoms with Gasteiger partial charge in [-0.2, -0.15) is 0 Å². The van der Waals surface area contributed by atoms with Gasteiger partial charge in [0.05, 0.1) is 60.7 Å². The van der Waals surface area contributed by atoms with Gasteiger partial charge in [-0.15, -0.1) is 11.3 Å². The number of hydrogen-bond donors (Lipinski definition) is 0. The van der Waals surface area contributed by atoms with Crippen LogP contribution in [-0.2, 0) is 47.7 Å². The highest BCUT2D eigenvalue weighted by atomic mass is 32.1. The van der Waals surface area contributed by atoms with Gasteiger partial charge >= 0.3 is 35.8 Å². The average molecular weight is 1090 g/mol. The standard InChI is InChI=1S/C61H69NO15S/c1-5-51(63)71-37-15-9-7-13-35-69-40(3)21-22-41(4)73-58(65)42-23-27-45(28-24-42)61(68)77-55-49-19-12-11-18-48(49)54(53-56(55)75-57(62-53)50-20-17-39-78-50)76-60(67)44-29-25-43(26-30-44)59(66)74-47-33-31-46(32-34-47)70-36-14-8-10-16-38-72-52(64)6-2/h5-6,11-12,17-20,31-34,39,42-45H,1-4,7-10,13-16,21-30,35-38H2. The molecular weight excluding hydrogens is 1020 g/mol. The summed E-state index contributed by atoms with van der Waals surface area (Å²) < 4.78 is 51.8. The van der Waals surface area contributed by atoms with Crippen molar-refractivity contribution < 1.29 is 71.1 Å². The Bertz CT molecular complexity index is 2890. The topological polar surface area (TPSA) is 202 Å². The number of fused-ring (bicyclic) bond motifs is 2. The Morgan fingerprint density at radius 2 is 1.01 bits per heavy atom. The number of benzene rings is 3. The molecule has 0 bridgehead atoms. The molecule has 16 nitrogen and oxygen atoms in total. The van der Waals surface area contributed by atoms with Crippen LogP contribution in [0.5, 0.6) is 23.0 Å². The fourth-order valence-electron chi connectivity index (χ4n) is 9.38. The molecule has 7 rings (SSSR count). The fraction of sp³-hybridized carbons (Fsp3) is 0.426. The fourth-order valence-corrected chi connectivity index (χ4v) is 10.0. The van der Waals surface area contributed by atoms with Crippen LogP contribution in [0.1, 0.15) is 116 Å². The number of carbonyl (C=O) groups excluding carboxylic acids is 6. The van der Waals surface area contributed by atoms with Crippen LogP contribution in [-0.4, -0.2) is 67.2 Å². The first-order valence-electron chi connectivity index (χ1n) is 27.0. The third-order valence-electron chi connectivity index (χ3n) is 13.8. The van der Waals surface area contributed by atoms with E-state index in [0.717, 1.165) is 68.4 Å². The molecule has 0 radical (unpaired) electrons. The summed E-state index contributed by atoms with van der Waals surface area (Å²) in [6, 6.07) is 17.8. The first-order chi connectivity index (χ1) is 37.9. The molecule has 17 heteroatoms. The first-order valence-corrected chi connectivity index (χ1v) is 27.8. The number of oxazole rings is 1. The predicted octanol–water partition coefficient (Wildman–Crippen LogP) is 13.1. The Labute approximate surface area is 458 Å². The number of esters is 6. The normalized spacial score (nSPS) is 17.0. The molecular formula is C61H69NO15S. The second kappa shape index (κ2) is 29.8. The Morgan fingerprint density at radius 3 is 1.55 bits per heavy atom. The quantitative estimate of drug-likeness (QED) is 0.0105. The lowest BCUT2D eigenvalue weighted by molar-refractivity contribution is -0.148. The maximum Gasteiger partial charge on any atom is 0.330 e. The largest absolute Gasteiger partial charge is 0.499 e. The van der Waals surface area contributed by atoms with E-state index in [-0.39, 0.29) is 40.4 Å². The van der Waals surface area contributed by atoms with E-state index in [1.165, 1.54) is 11.3 Å². The maximum absolute atomic E-state index is 14.1. The van der Waals surface area contributed by atoms with E-state index in [4.69, 9.17) is 47.3 Å². The van der Waals surface area contributed by atoms with Crippen LogP contribution in [0.25, 0.3) is 32.6 Å². The molecule has 0 aliphatic heterocycles. The molecule has 2 aliphatic rings. The number of carbonyl (C=O) groups is 6. The summed E-state index contributed by atoms with van der Waals surface area (Å²) in [5, 5.41) is 2.88. The summed E-state index contributed by atoms with van der Waals surface area (Å²) in [5.41, 5.74) is 0.378. The number of unbranched alkanes of at least 4 members (excludes halogenated alkanes) is 6. The highest BCUT2D eigenvalue weighted by Crippen LogP contribution is 2.46. The third-order valence-corrected chi connectivity index (χ3v) is 14.7. The van der Waals surface area contributed by atoms with Gasteiger partial charge in [-0.05, 0) is 138 Å². The van der Waals surface area contributed by atoms with Crippen molar-refractivity contribution in [3.8, 4) is 33.8 Å². The molecule has 5 aromatic rings. The van der Waals surface area contributed by atoms with Crippen molar-refractivity contribution in [3.63, 3.8) is 0 Å². The zero-order valence-electron chi connectivity index (χ0n) is 44.2. The lowest BCUT2D eigenvalue weighted by atomic mass is 9.82. The maximum atomic E-state index is 14.1. The number of thiophene rings is 1. The summed E-state index contributed by atoms with van der Waals surface area (Å²) in [4.78, 5) is 82.4. The van der Waals surface area contributed by atoms with Crippen LogP contribution in [0.3, 0.4) is 0 Å². The van der Waals surface area contributed by atoms with Crippen LogP contribution < -0.4 is 18.9 Å². The number of aromatic nitrogens is 1. The highest BCUT2D eigenvalue weighted by Gasteiger charge is 2.36. The van der Waals surface area contributed by atoms with Gasteiger partial charge in [-0.1, -0.05) is 56.6 Å². The number of rotatable bonds is 30. The molecule has 2 aromatic heterocycles. The number of ether oxygens (including phenoxy) is 8. The number of allylic oxidation sites excluding steroid dienone is 2. The first kappa shape index (κ1) is 58.2. The molecule has 2 saturated carbocycles. The van der Waals surface area contributed by atoms with E-state index in [1.54, 1.807) is 48.5 Å². The molecule has 3 aromatic carbocycles. The van der Waals surface area contributed by atoms with Crippen molar-refractivity contribution in [2.45, 2.75) is 116 Å². The third kappa shape index (κ3) is 17.0. The minimum atomic E-state index is -0.506. The smallest absolute Gasteiger partial charge is 0.330 e. The van der Waals surface area contributed by atoms with Crippen LogP contribution in [0.15, 0.2) is 120 Å². The predicted molar refractivity (Wildman–Crippen MR) is 293 cm³/mol. The monoisotopic (exact) mass is 1090 g/mol. The van der Waals surface area contributed by atoms with E-state index in [0.29, 0.717) is 124 Å². The van der Waals surface area contributed by atoms with Gasteiger partial charge < -0.3 is 42.3 Å². The van der Waals surface area contributed by atoms with Crippen LogP contribution in [0, 0.1) is 23.7 Å². The summed E-state index contributed by atoms with van der Waals surface area (Å²) in [6.07, 6.45) is 13.3. The average Bonchev–Trinajstić information content (AvgIpc) is 4.19. The van der Waals surface area contributed by atoms with Crippen molar-refractivity contribution >= 4 is 69.0 Å². The minimum Gasteiger partial charge on any atom is -0.499 e. The van der Waals surface area contributed by atoms with Crippen molar-refractivity contribution in [1.82, 2.24) is 4.98 Å². The lowest BCUT2D eigenvalue weighted by Gasteiger charge is -2.26. The van der Waals surface area contributed by atoms with Gasteiger partial charge in [0.25, 0.3) is 0 Å². The minimum absolute atomic E-state index is 0.154. The van der Waals surface area contributed by atoms with Crippen molar-refractivity contribution in [2.24, 2.45) is 23.7 Å². The van der Waals surface area contributed by atoms with Gasteiger partial charge in [0.2, 0.25) is 11.5 Å². The molecule has 0 spiro atoms. The van der Waals surface area contributed by atoms with E-state index in [2.05, 4.69) is 26.3 Å². The molecule has 78 heavy (non-hydrogen) atoms. The second-order valence-corrected chi connectivity index (χ2v) is 20.4. The van der Waals surface area contributed by atoms with Crippen LogP contribution in [0.2, 0.25) is 0 Å². The molecule has 414 valence electrons. The van der Waals surface area contributed by atoms with Crippen LogP contribution in [0.4, 0.5) is 0 Å². The highest BCUT2D eigenvalue weighted by molar-refractivity contribution is 7.13. The second-order valence-electron chi connectivity index (χ2n) is 19.5. The molecule has 0 atom stereocenters. The van der Waals surface area contributed by atoms with Gasteiger partial charge in [0.15, 0.2) is 17.0 Å². The van der Waals surface area contributed by atoms with Gasteiger partial charge in [0, 0.05) is 35.8 Å². The summed E-state index contributed by atoms with van der Waals surface area (Å²) in [6.45, 7) is 16.4. The summed E-state index contributed by atoms with van der Waals surface area (Å²) in [5.74, 6) is -1.78. The SMILES string of the molecule is C=CC(=O)OCCCCCCOC(=C)CCC(=C)OC(=O)C1CCC(C(=O)Oc2c3ccccc3c(OC(=O)C3CCC(C(=O)Oc4ccc(OCCCCCCOC(=O)C=C)cc4)CC3)c3nc(-c4cccs4)oc23)CC1. The Balaban J connectivity index is 0.884. The molecule has 0 saturated heterocycles. The van der Waals surface area contributed by atoms with Gasteiger partial charge in [0.1, 0.15) is 17.3 Å². The zero-order chi connectivity index (χ0) is 55.2. The van der Waals surface area contributed by atoms with Crippen LogP contribution >= 0.6 is 11.3 Å². The van der Waals surface area contributed by atoms with Crippen molar-refractivity contribution in [3.05, 3.63) is 116 Å². The number of nitrogens with zero attached hydrogens (tertiary/aromatic N) is 1. The molecule has 0 unspecified atom stereocenters. The van der Waals surface area contributed by atoms with E-state index >= 15 is 0 Å². The molecule has 0 N–H and O–H groups in total. The van der Waals surface area contributed by atoms with E-state index < -0.39 is 47.5 Å². The van der Waals surface area contributed by atoms with E-state index in [1.807, 2.05) is 17.5 Å². The Morgan fingerprint density at radius 1 is 0.538 bits per heavy atom. The Hall–Kier alpha value is -7.53. The molecule has 0 amide bonds. The number of hydrogen-bond acceptors (Lipinski definition) is 17.